The zero-order valence-corrected chi connectivity index (χ0v) is 13.0. The van der Waals surface area contributed by atoms with Crippen LogP contribution in [0.5, 0.6) is 0 Å². The largest absolute Gasteiger partial charge is 0.421 e. The molecule has 19 heavy (non-hydrogen) atoms. The van der Waals surface area contributed by atoms with Crippen molar-refractivity contribution in [2.24, 2.45) is 0 Å². The van der Waals surface area contributed by atoms with Crippen LogP contribution in [0.3, 0.4) is 0 Å². The zero-order chi connectivity index (χ0) is 13.8. The quantitative estimate of drug-likeness (QED) is 0.916. The molecule has 0 aliphatic heterocycles. The molecule has 1 aromatic heterocycles. The van der Waals surface area contributed by atoms with Gasteiger partial charge in [0.25, 0.3) is 0 Å². The topological polar surface area (TPSA) is 51.0 Å². The number of aryl methyl sites for hydroxylation is 1. The normalized spacial score (nSPS) is 11.2. The van der Waals surface area contributed by atoms with Crippen LogP contribution in [-0.4, -0.2) is 22.8 Å². The second-order valence-corrected chi connectivity index (χ2v) is 5.70. The molecule has 1 N–H and O–H groups in total. The standard InChI is InChI=1S/C14H18BrN3O/c1-9(2)16-7-6-13-17-18-14(19-13)11-5-4-10(3)8-12(11)15/h4-5,8-9,16H,6-7H2,1-3H3. The fraction of sp³-hybridized carbons (Fsp3) is 0.429. The summed E-state index contributed by atoms with van der Waals surface area (Å²) < 4.78 is 6.65. The maximum Gasteiger partial charge on any atom is 0.248 e. The highest BCUT2D eigenvalue weighted by Crippen LogP contribution is 2.27. The average molecular weight is 324 g/mol. The van der Waals surface area contributed by atoms with Crippen molar-refractivity contribution in [3.05, 3.63) is 34.1 Å². The molecule has 5 heteroatoms. The molecule has 0 fully saturated rings. The Kier molecular flexibility index (Phi) is 4.71. The first-order chi connectivity index (χ1) is 9.06. The summed E-state index contributed by atoms with van der Waals surface area (Å²) in [6, 6.07) is 6.53. The summed E-state index contributed by atoms with van der Waals surface area (Å²) in [6.07, 6.45) is 0.745. The Labute approximate surface area is 121 Å². The van der Waals surface area contributed by atoms with E-state index in [2.05, 4.69) is 45.3 Å². The van der Waals surface area contributed by atoms with E-state index in [0.29, 0.717) is 17.8 Å². The number of nitrogens with zero attached hydrogens (tertiary/aromatic N) is 2. The molecule has 0 aliphatic carbocycles. The summed E-state index contributed by atoms with van der Waals surface area (Å²) >= 11 is 3.52. The van der Waals surface area contributed by atoms with E-state index in [1.54, 1.807) is 0 Å². The first kappa shape index (κ1) is 14.2. The molecule has 0 atom stereocenters. The molecule has 0 aliphatic rings. The van der Waals surface area contributed by atoms with Crippen molar-refractivity contribution in [1.82, 2.24) is 15.5 Å². The Bertz CT molecular complexity index is 551. The van der Waals surface area contributed by atoms with E-state index in [1.807, 2.05) is 25.1 Å². The lowest BCUT2D eigenvalue weighted by molar-refractivity contribution is 0.484. The third-order valence-electron chi connectivity index (χ3n) is 2.71. The van der Waals surface area contributed by atoms with Crippen LogP contribution in [0.4, 0.5) is 0 Å². The van der Waals surface area contributed by atoms with Gasteiger partial charge in [0.15, 0.2) is 0 Å². The van der Waals surface area contributed by atoms with Gasteiger partial charge in [0.2, 0.25) is 11.8 Å². The lowest BCUT2D eigenvalue weighted by Gasteiger charge is -2.04. The molecule has 0 saturated carbocycles. The van der Waals surface area contributed by atoms with Crippen LogP contribution in [-0.2, 0) is 6.42 Å². The van der Waals surface area contributed by atoms with E-state index in [0.717, 1.165) is 23.0 Å². The molecular weight excluding hydrogens is 306 g/mol. The van der Waals surface area contributed by atoms with Crippen LogP contribution in [0.2, 0.25) is 0 Å². The van der Waals surface area contributed by atoms with Crippen LogP contribution in [0.15, 0.2) is 27.1 Å². The maximum atomic E-state index is 5.68. The number of nitrogens with one attached hydrogen (secondary N) is 1. The molecule has 0 unspecified atom stereocenters. The Hall–Kier alpha value is -1.20. The number of hydrogen-bond acceptors (Lipinski definition) is 4. The Morgan fingerprint density at radius 2 is 2.11 bits per heavy atom. The summed E-state index contributed by atoms with van der Waals surface area (Å²) in [7, 11) is 0. The van der Waals surface area contributed by atoms with Crippen LogP contribution < -0.4 is 5.32 Å². The lowest BCUT2D eigenvalue weighted by atomic mass is 10.1. The predicted octanol–water partition coefficient (Wildman–Crippen LogP) is 3.35. The first-order valence-electron chi connectivity index (χ1n) is 6.38. The maximum absolute atomic E-state index is 5.68. The van der Waals surface area contributed by atoms with E-state index in [4.69, 9.17) is 4.42 Å². The van der Waals surface area contributed by atoms with Crippen molar-refractivity contribution in [2.45, 2.75) is 33.2 Å². The van der Waals surface area contributed by atoms with E-state index in [9.17, 15) is 0 Å². The minimum absolute atomic E-state index is 0.466. The van der Waals surface area contributed by atoms with E-state index < -0.39 is 0 Å². The number of benzene rings is 1. The van der Waals surface area contributed by atoms with Crippen molar-refractivity contribution in [3.8, 4) is 11.5 Å². The van der Waals surface area contributed by atoms with Gasteiger partial charge in [-0.05, 0) is 40.5 Å². The number of halogens is 1. The van der Waals surface area contributed by atoms with Gasteiger partial charge in [-0.25, -0.2) is 0 Å². The molecule has 102 valence electrons. The highest BCUT2D eigenvalue weighted by molar-refractivity contribution is 9.10. The van der Waals surface area contributed by atoms with Gasteiger partial charge in [-0.3, -0.25) is 0 Å². The molecular formula is C14H18BrN3O. The van der Waals surface area contributed by atoms with Gasteiger partial charge in [0.1, 0.15) is 0 Å². The summed E-state index contributed by atoms with van der Waals surface area (Å²) in [4.78, 5) is 0. The van der Waals surface area contributed by atoms with Crippen molar-refractivity contribution in [2.75, 3.05) is 6.54 Å². The molecule has 0 amide bonds. The SMILES string of the molecule is Cc1ccc(-c2nnc(CCNC(C)C)o2)c(Br)c1. The minimum atomic E-state index is 0.466. The lowest BCUT2D eigenvalue weighted by Crippen LogP contribution is -2.25. The molecule has 2 aromatic rings. The van der Waals surface area contributed by atoms with Crippen LogP contribution >= 0.6 is 15.9 Å². The third-order valence-corrected chi connectivity index (χ3v) is 3.37. The van der Waals surface area contributed by atoms with Gasteiger partial charge in [0, 0.05) is 23.5 Å². The summed E-state index contributed by atoms with van der Waals surface area (Å²) in [5.41, 5.74) is 2.12. The third kappa shape index (κ3) is 3.88. The van der Waals surface area contributed by atoms with Gasteiger partial charge in [-0.1, -0.05) is 19.9 Å². The number of aromatic nitrogens is 2. The van der Waals surface area contributed by atoms with Crippen LogP contribution in [0, 0.1) is 6.92 Å². The van der Waals surface area contributed by atoms with E-state index in [-0.39, 0.29) is 0 Å². The molecule has 4 nitrogen and oxygen atoms in total. The average Bonchev–Trinajstić information content (AvgIpc) is 2.77. The Morgan fingerprint density at radius 3 is 2.79 bits per heavy atom. The number of hydrogen-bond donors (Lipinski definition) is 1. The molecule has 2 rings (SSSR count). The van der Waals surface area contributed by atoms with Crippen molar-refractivity contribution in [1.29, 1.82) is 0 Å². The van der Waals surface area contributed by atoms with Gasteiger partial charge >= 0.3 is 0 Å². The summed E-state index contributed by atoms with van der Waals surface area (Å²) in [5, 5.41) is 11.5. The van der Waals surface area contributed by atoms with Gasteiger partial charge < -0.3 is 9.73 Å². The zero-order valence-electron chi connectivity index (χ0n) is 11.4. The van der Waals surface area contributed by atoms with E-state index >= 15 is 0 Å². The Balaban J connectivity index is 2.08. The molecule has 0 bridgehead atoms. The molecule has 0 saturated heterocycles. The fourth-order valence-electron chi connectivity index (χ4n) is 1.72. The van der Waals surface area contributed by atoms with Crippen LogP contribution in [0.1, 0.15) is 25.3 Å². The highest BCUT2D eigenvalue weighted by Gasteiger charge is 2.11. The molecule has 0 radical (unpaired) electrons. The first-order valence-corrected chi connectivity index (χ1v) is 7.18. The Morgan fingerprint density at radius 1 is 1.32 bits per heavy atom. The summed E-state index contributed by atoms with van der Waals surface area (Å²) in [6.45, 7) is 7.12. The predicted molar refractivity (Wildman–Crippen MR) is 79.0 cm³/mol. The van der Waals surface area contributed by atoms with Gasteiger partial charge in [-0.2, -0.15) is 0 Å². The van der Waals surface area contributed by atoms with Crippen molar-refractivity contribution < 1.29 is 4.42 Å². The van der Waals surface area contributed by atoms with Crippen molar-refractivity contribution >= 4 is 15.9 Å². The number of rotatable bonds is 5. The summed E-state index contributed by atoms with van der Waals surface area (Å²) in [5.74, 6) is 1.22. The second-order valence-electron chi connectivity index (χ2n) is 4.84. The van der Waals surface area contributed by atoms with E-state index in [1.165, 1.54) is 5.56 Å². The highest BCUT2D eigenvalue weighted by atomic mass is 79.9. The molecule has 0 spiro atoms. The fourth-order valence-corrected chi connectivity index (χ4v) is 2.39. The second kappa shape index (κ2) is 6.30. The van der Waals surface area contributed by atoms with Gasteiger partial charge in [0.05, 0.1) is 5.56 Å². The van der Waals surface area contributed by atoms with Crippen LogP contribution in [0.25, 0.3) is 11.5 Å². The molecule has 1 aromatic carbocycles. The minimum Gasteiger partial charge on any atom is -0.421 e. The molecule has 1 heterocycles. The van der Waals surface area contributed by atoms with Crippen molar-refractivity contribution in [3.63, 3.8) is 0 Å². The monoisotopic (exact) mass is 323 g/mol. The smallest absolute Gasteiger partial charge is 0.248 e. The van der Waals surface area contributed by atoms with Gasteiger partial charge in [-0.15, -0.1) is 10.2 Å².